The Labute approximate surface area is 136 Å². The highest BCUT2D eigenvalue weighted by Crippen LogP contribution is 2.56. The average molecular weight is 334 g/mol. The summed E-state index contributed by atoms with van der Waals surface area (Å²) in [5.41, 5.74) is 0.166. The van der Waals surface area contributed by atoms with E-state index in [0.29, 0.717) is 26.9 Å². The monoisotopic (exact) mass is 333 g/mol. The second kappa shape index (κ2) is 4.56. The maximum absolute atomic E-state index is 12.5. The van der Waals surface area contributed by atoms with Crippen molar-refractivity contribution in [1.82, 2.24) is 0 Å². The van der Waals surface area contributed by atoms with Gasteiger partial charge in [-0.3, -0.25) is 9.59 Å². The molecule has 2 aromatic carbocycles. The Balaban J connectivity index is 1.77. The van der Waals surface area contributed by atoms with E-state index in [1.54, 1.807) is 30.3 Å². The molecule has 110 valence electrons. The second-order valence-electron chi connectivity index (χ2n) is 5.23. The third-order valence-corrected chi connectivity index (χ3v) is 4.46. The summed E-state index contributed by atoms with van der Waals surface area (Å²) < 4.78 is 5.55. The van der Waals surface area contributed by atoms with Crippen LogP contribution in [0.1, 0.15) is 15.9 Å². The third-order valence-electron chi connectivity index (χ3n) is 3.94. The zero-order valence-corrected chi connectivity index (χ0v) is 12.6. The van der Waals surface area contributed by atoms with Gasteiger partial charge in [-0.2, -0.15) is 0 Å². The van der Waals surface area contributed by atoms with Gasteiger partial charge < -0.3 is 10.1 Å². The Morgan fingerprint density at radius 2 is 1.91 bits per heavy atom. The first-order valence-corrected chi connectivity index (χ1v) is 7.37. The van der Waals surface area contributed by atoms with Crippen LogP contribution < -0.4 is 5.32 Å². The van der Waals surface area contributed by atoms with Gasteiger partial charge in [0.1, 0.15) is 0 Å². The molecule has 2 heterocycles. The van der Waals surface area contributed by atoms with Crippen molar-refractivity contribution in [2.75, 3.05) is 5.32 Å². The van der Waals surface area contributed by atoms with E-state index >= 15 is 0 Å². The van der Waals surface area contributed by atoms with E-state index in [-0.39, 0.29) is 11.7 Å². The number of fused-ring (bicyclic) bond motifs is 2. The summed E-state index contributed by atoms with van der Waals surface area (Å²) in [6, 6.07) is 11.9. The van der Waals surface area contributed by atoms with Gasteiger partial charge in [0.05, 0.1) is 10.7 Å². The molecule has 0 saturated carbocycles. The number of carbonyl (C=O) groups is 2. The summed E-state index contributed by atoms with van der Waals surface area (Å²) in [5.74, 6) is -0.624. The molecule has 1 fully saturated rings. The van der Waals surface area contributed by atoms with Crippen molar-refractivity contribution < 1.29 is 14.3 Å². The summed E-state index contributed by atoms with van der Waals surface area (Å²) >= 11 is 12.1. The van der Waals surface area contributed by atoms with Crippen LogP contribution in [0, 0.1) is 0 Å². The van der Waals surface area contributed by atoms with Crippen LogP contribution in [0.15, 0.2) is 42.5 Å². The number of halogens is 2. The molecule has 4 nitrogen and oxygen atoms in total. The first-order chi connectivity index (χ1) is 10.5. The van der Waals surface area contributed by atoms with E-state index < -0.39 is 11.7 Å². The molecule has 4 rings (SSSR count). The first kappa shape index (κ1) is 13.8. The Bertz CT molecular complexity index is 822. The zero-order valence-electron chi connectivity index (χ0n) is 11.1. The Morgan fingerprint density at radius 1 is 1.18 bits per heavy atom. The van der Waals surface area contributed by atoms with Crippen LogP contribution in [0.4, 0.5) is 5.69 Å². The maximum atomic E-state index is 12.5. The quantitative estimate of drug-likeness (QED) is 0.676. The number of nitrogens with one attached hydrogen (secondary N) is 1. The van der Waals surface area contributed by atoms with Crippen LogP contribution in [0.25, 0.3) is 0 Å². The van der Waals surface area contributed by atoms with Crippen molar-refractivity contribution in [1.29, 1.82) is 0 Å². The molecule has 1 N–H and O–H groups in total. The number of epoxide rings is 1. The van der Waals surface area contributed by atoms with Gasteiger partial charge in [0.25, 0.3) is 5.91 Å². The molecule has 0 bridgehead atoms. The van der Waals surface area contributed by atoms with Gasteiger partial charge in [0.2, 0.25) is 5.60 Å². The molecule has 1 saturated heterocycles. The van der Waals surface area contributed by atoms with E-state index in [4.69, 9.17) is 27.9 Å². The topological polar surface area (TPSA) is 58.7 Å². The molecule has 0 radical (unpaired) electrons. The maximum Gasteiger partial charge on any atom is 0.264 e. The number of anilines is 1. The number of Topliss-reactive ketones (excluding diaryl/α,β-unsaturated/α-hetero) is 1. The molecular formula is C16H9Cl2NO3. The summed E-state index contributed by atoms with van der Waals surface area (Å²) in [6.45, 7) is 0. The molecule has 0 aliphatic carbocycles. The van der Waals surface area contributed by atoms with E-state index in [1.165, 1.54) is 6.07 Å². The second-order valence-corrected chi connectivity index (χ2v) is 6.07. The predicted octanol–water partition coefficient (Wildman–Crippen LogP) is 3.42. The molecule has 6 heteroatoms. The molecule has 0 unspecified atom stereocenters. The lowest BCUT2D eigenvalue weighted by molar-refractivity contribution is -0.120. The van der Waals surface area contributed by atoms with Crippen molar-refractivity contribution >= 4 is 40.6 Å². The van der Waals surface area contributed by atoms with Gasteiger partial charge >= 0.3 is 0 Å². The van der Waals surface area contributed by atoms with Gasteiger partial charge in [-0.1, -0.05) is 53.5 Å². The fourth-order valence-electron chi connectivity index (χ4n) is 2.84. The molecule has 22 heavy (non-hydrogen) atoms. The SMILES string of the molecule is O=C(c1ccccc1)[C@H]1O[C@]12C(=O)Nc1c(Cl)cc(Cl)cc12. The molecule has 2 aliphatic heterocycles. The number of carbonyl (C=O) groups excluding carboxylic acids is 2. The first-order valence-electron chi connectivity index (χ1n) is 6.62. The highest BCUT2D eigenvalue weighted by atomic mass is 35.5. The van der Waals surface area contributed by atoms with Gasteiger partial charge in [-0.25, -0.2) is 0 Å². The number of benzene rings is 2. The summed E-state index contributed by atoms with van der Waals surface area (Å²) in [6.07, 6.45) is -0.856. The minimum atomic E-state index is -1.31. The normalized spacial score (nSPS) is 25.0. The van der Waals surface area contributed by atoms with Crippen LogP contribution in [-0.4, -0.2) is 17.8 Å². The smallest absolute Gasteiger partial charge is 0.264 e. The Morgan fingerprint density at radius 3 is 2.64 bits per heavy atom. The lowest BCUT2D eigenvalue weighted by Crippen LogP contribution is -2.27. The zero-order chi connectivity index (χ0) is 15.5. The fraction of sp³-hybridized carbons (Fsp3) is 0.125. The average Bonchev–Trinajstić information content (AvgIpc) is 3.20. The minimum absolute atomic E-state index is 0.236. The van der Waals surface area contributed by atoms with Gasteiger partial charge in [-0.05, 0) is 12.1 Å². The standard InChI is InChI=1S/C16H9Cl2NO3/c17-9-6-10-12(11(18)7-9)19-15(21)16(10)14(22-16)13(20)8-4-2-1-3-5-8/h1-7,14H,(H,19,21)/t14-,16+/m1/s1. The Kier molecular flexibility index (Phi) is 2.85. The van der Waals surface area contributed by atoms with E-state index in [9.17, 15) is 9.59 Å². The molecule has 2 atom stereocenters. The number of amides is 1. The van der Waals surface area contributed by atoms with Crippen LogP contribution in [0.3, 0.4) is 0 Å². The van der Waals surface area contributed by atoms with E-state index in [1.807, 2.05) is 6.07 Å². The molecule has 0 aromatic heterocycles. The fourth-order valence-corrected chi connectivity index (χ4v) is 3.38. The number of rotatable bonds is 2. The number of hydrogen-bond donors (Lipinski definition) is 1. The lowest BCUT2D eigenvalue weighted by Gasteiger charge is -2.05. The van der Waals surface area contributed by atoms with Crippen LogP contribution in [0.2, 0.25) is 10.0 Å². The van der Waals surface area contributed by atoms with Crippen molar-refractivity contribution in [3.63, 3.8) is 0 Å². The van der Waals surface area contributed by atoms with Gasteiger partial charge in [0, 0.05) is 16.1 Å². The van der Waals surface area contributed by atoms with Crippen molar-refractivity contribution in [3.8, 4) is 0 Å². The van der Waals surface area contributed by atoms with Gasteiger partial charge in [0.15, 0.2) is 11.9 Å². The number of ether oxygens (including phenoxy) is 1. The molecule has 1 spiro atoms. The van der Waals surface area contributed by atoms with Crippen LogP contribution in [-0.2, 0) is 15.1 Å². The molecular weight excluding hydrogens is 325 g/mol. The van der Waals surface area contributed by atoms with E-state index in [0.717, 1.165) is 0 Å². The number of ketones is 1. The molecule has 2 aliphatic rings. The van der Waals surface area contributed by atoms with Crippen molar-refractivity contribution in [2.45, 2.75) is 11.7 Å². The van der Waals surface area contributed by atoms with Crippen molar-refractivity contribution in [3.05, 3.63) is 63.6 Å². The highest BCUT2D eigenvalue weighted by Gasteiger charge is 2.70. The van der Waals surface area contributed by atoms with E-state index in [2.05, 4.69) is 5.32 Å². The molecule has 2 aromatic rings. The highest BCUT2D eigenvalue weighted by molar-refractivity contribution is 6.38. The summed E-state index contributed by atoms with van der Waals surface area (Å²) in [7, 11) is 0. The van der Waals surface area contributed by atoms with Gasteiger partial charge in [-0.15, -0.1) is 0 Å². The molecule has 1 amide bonds. The lowest BCUT2D eigenvalue weighted by atomic mass is 9.92. The minimum Gasteiger partial charge on any atom is -0.342 e. The number of hydrogen-bond acceptors (Lipinski definition) is 3. The summed E-state index contributed by atoms with van der Waals surface area (Å²) in [4.78, 5) is 24.9. The van der Waals surface area contributed by atoms with Crippen LogP contribution in [0.5, 0.6) is 0 Å². The predicted molar refractivity (Wildman–Crippen MR) is 82.4 cm³/mol. The summed E-state index contributed by atoms with van der Waals surface area (Å²) in [5, 5.41) is 3.39. The Hall–Kier alpha value is -1.88. The van der Waals surface area contributed by atoms with Crippen LogP contribution >= 0.6 is 23.2 Å². The van der Waals surface area contributed by atoms with Crippen molar-refractivity contribution in [2.24, 2.45) is 0 Å². The third kappa shape index (κ3) is 1.75. The largest absolute Gasteiger partial charge is 0.342 e.